The van der Waals surface area contributed by atoms with Crippen molar-refractivity contribution in [2.24, 2.45) is 0 Å². The summed E-state index contributed by atoms with van der Waals surface area (Å²) in [6, 6.07) is 0. The highest BCUT2D eigenvalue weighted by Crippen LogP contribution is 2.51. The summed E-state index contributed by atoms with van der Waals surface area (Å²) >= 11 is 0. The van der Waals surface area contributed by atoms with Gasteiger partial charge in [-0.1, -0.05) is 0 Å². The van der Waals surface area contributed by atoms with Gasteiger partial charge in [-0.25, -0.2) is 16.8 Å². The monoisotopic (exact) mass is 392 g/mol. The van der Waals surface area contributed by atoms with Crippen LogP contribution in [0.4, 0.5) is 26.3 Å². The first-order valence-electron chi connectivity index (χ1n) is 5.81. The van der Waals surface area contributed by atoms with E-state index in [0.717, 1.165) is 0 Å². The first kappa shape index (κ1) is 20.4. The molecule has 1 aliphatic rings. The molecule has 1 aliphatic heterocycles. The number of hydrogen-bond acceptors (Lipinski definition) is 5. The third kappa shape index (κ3) is 3.04. The molecule has 23 heavy (non-hydrogen) atoms. The lowest BCUT2D eigenvalue weighted by Gasteiger charge is -2.38. The van der Waals surface area contributed by atoms with E-state index in [9.17, 15) is 43.2 Å². The Kier molecular flexibility index (Phi) is 5.07. The smallest absolute Gasteiger partial charge is 0.428 e. The number of hydrogen-bond donors (Lipinski definition) is 0. The topological polar surface area (TPSA) is 98.6 Å². The number of piperazine rings is 1. The van der Waals surface area contributed by atoms with Gasteiger partial charge in [-0.3, -0.25) is 0 Å². The first-order valence-corrected chi connectivity index (χ1v) is 8.73. The van der Waals surface area contributed by atoms with E-state index in [1.807, 2.05) is 0 Å². The van der Waals surface area contributed by atoms with Crippen molar-refractivity contribution in [1.82, 2.24) is 9.21 Å². The molecule has 0 atom stereocenters. The van der Waals surface area contributed by atoms with E-state index in [0.29, 0.717) is 0 Å². The zero-order chi connectivity index (χ0) is 18.5. The van der Waals surface area contributed by atoms with Gasteiger partial charge < -0.3 is 10.0 Å². The van der Waals surface area contributed by atoms with Gasteiger partial charge in [0.2, 0.25) is 0 Å². The van der Waals surface area contributed by atoms with Gasteiger partial charge in [-0.2, -0.15) is 30.6 Å². The van der Waals surface area contributed by atoms with Crippen LogP contribution in [0, 0.1) is 0 Å². The molecular formula is C8H12F6N3O4S2-. The van der Waals surface area contributed by atoms with Crippen LogP contribution in [0.15, 0.2) is 0 Å². The number of nitrogens with one attached hydrogen (secondary N) is 1. The predicted molar refractivity (Wildman–Crippen MR) is 66.1 cm³/mol. The third-order valence-corrected chi connectivity index (χ3v) is 6.08. The maximum atomic E-state index is 13.7. The Morgan fingerprint density at radius 1 is 0.826 bits per heavy atom. The number of nitrogens with zero attached hydrogens (tertiary/aromatic N) is 2. The second kappa shape index (κ2) is 5.72. The van der Waals surface area contributed by atoms with Crippen LogP contribution >= 0.6 is 0 Å². The molecule has 1 N–H and O–H groups in total. The van der Waals surface area contributed by atoms with Crippen LogP contribution in [0.2, 0.25) is 0 Å². The summed E-state index contributed by atoms with van der Waals surface area (Å²) in [7, 11) is -11.6. The lowest BCUT2D eigenvalue weighted by atomic mass is 10.3. The molecule has 0 radical (unpaired) electrons. The largest absolute Gasteiger partial charge is 0.559 e. The van der Waals surface area contributed by atoms with Gasteiger partial charge in [0.15, 0.2) is 0 Å². The predicted octanol–water partition coefficient (Wildman–Crippen LogP) is 0.767. The van der Waals surface area contributed by atoms with Crippen LogP contribution in [-0.2, 0) is 20.0 Å². The van der Waals surface area contributed by atoms with Crippen LogP contribution in [-0.4, -0.2) is 75.7 Å². The minimum Gasteiger partial charge on any atom is -0.559 e. The lowest BCUT2D eigenvalue weighted by molar-refractivity contribution is -0.244. The van der Waals surface area contributed by atoms with E-state index in [4.69, 9.17) is 5.14 Å². The van der Waals surface area contributed by atoms with E-state index >= 15 is 0 Å². The minimum absolute atomic E-state index is 0.117. The average Bonchev–Trinajstić information content (AvgIpc) is 2.37. The van der Waals surface area contributed by atoms with Gasteiger partial charge in [0.1, 0.15) is 10.0 Å². The SMILES string of the molecule is CN1CCN(S(=O)(=O)C(F)(F)C(F)(F)C(F)(F)S([NH-])(=O)=O)CC1. The summed E-state index contributed by atoms with van der Waals surface area (Å²) in [5, 5.41) is -7.08. The van der Waals surface area contributed by atoms with E-state index in [2.05, 4.69) is 0 Å². The Morgan fingerprint density at radius 2 is 1.22 bits per heavy atom. The molecule has 0 bridgehead atoms. The molecule has 0 aromatic carbocycles. The quantitative estimate of drug-likeness (QED) is 0.644. The zero-order valence-corrected chi connectivity index (χ0v) is 13.1. The molecule has 0 spiro atoms. The lowest BCUT2D eigenvalue weighted by Crippen LogP contribution is -2.64. The van der Waals surface area contributed by atoms with Crippen LogP contribution < -0.4 is 0 Å². The van der Waals surface area contributed by atoms with Crippen LogP contribution in [0.3, 0.4) is 0 Å². The second-order valence-corrected chi connectivity index (χ2v) is 8.32. The number of halogens is 6. The molecule has 0 aromatic heterocycles. The van der Waals surface area contributed by atoms with Gasteiger partial charge in [0.25, 0.3) is 10.0 Å². The molecular weight excluding hydrogens is 380 g/mol. The first-order chi connectivity index (χ1) is 10.00. The summed E-state index contributed by atoms with van der Waals surface area (Å²) < 4.78 is 124. The molecule has 7 nitrogen and oxygen atoms in total. The molecule has 1 heterocycles. The second-order valence-electron chi connectivity index (χ2n) is 4.82. The highest BCUT2D eigenvalue weighted by molar-refractivity contribution is 7.94. The fourth-order valence-electron chi connectivity index (χ4n) is 1.69. The minimum atomic E-state index is -6.83. The van der Waals surface area contributed by atoms with Crippen molar-refractivity contribution < 1.29 is 43.2 Å². The standard InChI is InChI=1S/C8H12F6N3O4S2/c1-16-2-4-17(5-3-16)23(20,21)8(13,14)6(9,10)7(11,12)22(15,18)19/h2-5H2,1H3,(H-,15,18,19)/q-1. The zero-order valence-electron chi connectivity index (χ0n) is 11.4. The molecule has 0 aromatic rings. The van der Waals surface area contributed by atoms with Gasteiger partial charge in [-0.15, -0.1) is 0 Å². The Balaban J connectivity index is 3.33. The molecule has 1 rings (SSSR count). The number of alkyl halides is 6. The normalized spacial score (nSPS) is 20.7. The van der Waals surface area contributed by atoms with Crippen molar-refractivity contribution in [3.63, 3.8) is 0 Å². The van der Waals surface area contributed by atoms with Gasteiger partial charge in [0.05, 0.1) is 0 Å². The summed E-state index contributed by atoms with van der Waals surface area (Å²) in [4.78, 5) is 1.48. The highest BCUT2D eigenvalue weighted by atomic mass is 32.2. The van der Waals surface area contributed by atoms with Crippen LogP contribution in [0.5, 0.6) is 0 Å². The van der Waals surface area contributed by atoms with Gasteiger partial charge >= 0.3 is 16.4 Å². The maximum Gasteiger partial charge on any atom is 0.428 e. The number of likely N-dealkylation sites (N-methyl/N-ethyl adjacent to an activating group) is 1. The third-order valence-electron chi connectivity index (χ3n) is 3.19. The van der Waals surface area contributed by atoms with Crippen molar-refractivity contribution >= 4 is 20.0 Å². The Hall–Kier alpha value is -0.640. The van der Waals surface area contributed by atoms with Gasteiger partial charge in [-0.05, 0) is 7.05 Å². The van der Waals surface area contributed by atoms with Crippen LogP contribution in [0.1, 0.15) is 0 Å². The van der Waals surface area contributed by atoms with E-state index in [-0.39, 0.29) is 17.4 Å². The van der Waals surface area contributed by atoms with E-state index in [1.165, 1.54) is 11.9 Å². The molecule has 0 saturated carbocycles. The fourth-order valence-corrected chi connectivity index (χ4v) is 3.64. The Labute approximate surface area is 128 Å². The molecule has 0 aliphatic carbocycles. The van der Waals surface area contributed by atoms with Crippen molar-refractivity contribution in [3.8, 4) is 0 Å². The summed E-state index contributed by atoms with van der Waals surface area (Å²) in [5.41, 5.74) is 0. The Morgan fingerprint density at radius 3 is 1.57 bits per heavy atom. The average molecular weight is 392 g/mol. The van der Waals surface area contributed by atoms with Crippen molar-refractivity contribution in [2.75, 3.05) is 33.2 Å². The van der Waals surface area contributed by atoms with Gasteiger partial charge in [0, 0.05) is 26.2 Å². The number of sulfonamides is 2. The number of rotatable bonds is 5. The summed E-state index contributed by atoms with van der Waals surface area (Å²) in [6.45, 7) is -1.56. The Bertz CT molecular complexity index is 657. The molecule has 15 heteroatoms. The molecule has 0 unspecified atom stereocenters. The molecule has 0 amide bonds. The van der Waals surface area contributed by atoms with Crippen molar-refractivity contribution in [1.29, 1.82) is 0 Å². The molecule has 1 saturated heterocycles. The summed E-state index contributed by atoms with van der Waals surface area (Å²) in [5.74, 6) is -6.83. The van der Waals surface area contributed by atoms with Crippen LogP contribution in [0.25, 0.3) is 5.14 Å². The fraction of sp³-hybridized carbons (Fsp3) is 1.00. The van der Waals surface area contributed by atoms with Crippen molar-refractivity contribution in [2.45, 2.75) is 16.4 Å². The van der Waals surface area contributed by atoms with E-state index < -0.39 is 49.6 Å². The van der Waals surface area contributed by atoms with Crippen molar-refractivity contribution in [3.05, 3.63) is 5.14 Å². The van der Waals surface area contributed by atoms with E-state index in [1.54, 1.807) is 0 Å². The molecule has 138 valence electrons. The molecule has 1 fully saturated rings. The highest BCUT2D eigenvalue weighted by Gasteiger charge is 2.80. The summed E-state index contributed by atoms with van der Waals surface area (Å²) in [6.07, 6.45) is 0. The maximum absolute atomic E-state index is 13.7.